The van der Waals surface area contributed by atoms with E-state index in [4.69, 9.17) is 9.94 Å². The fraction of sp³-hybridized carbons (Fsp3) is 0.333. The number of amides is 2. The van der Waals surface area contributed by atoms with Crippen LogP contribution in [0.3, 0.4) is 0 Å². The van der Waals surface area contributed by atoms with Crippen LogP contribution >= 0.6 is 0 Å². The number of hydroxylamine groups is 2. The first kappa shape index (κ1) is 14.0. The Morgan fingerprint density at radius 1 is 1.39 bits per heavy atom. The van der Waals surface area contributed by atoms with Gasteiger partial charge in [0.15, 0.2) is 0 Å². The van der Waals surface area contributed by atoms with Gasteiger partial charge >= 0.3 is 6.09 Å². The van der Waals surface area contributed by atoms with Crippen molar-refractivity contribution in [2.45, 2.75) is 12.5 Å². The molecule has 1 atom stereocenters. The van der Waals surface area contributed by atoms with Crippen LogP contribution in [-0.2, 0) is 16.1 Å². The molecule has 0 aromatic heterocycles. The molecule has 6 heteroatoms. The van der Waals surface area contributed by atoms with Gasteiger partial charge in [-0.1, -0.05) is 30.3 Å². The molecule has 1 rings (SSSR count). The van der Waals surface area contributed by atoms with E-state index in [1.54, 1.807) is 0 Å². The molecule has 18 heavy (non-hydrogen) atoms. The SMILES string of the molecule is CON(C)C(=O)[C@H](Cc1ccccc1)NC(=O)O. The second kappa shape index (κ2) is 6.61. The van der Waals surface area contributed by atoms with Gasteiger partial charge in [0.05, 0.1) is 7.11 Å². The molecule has 0 aliphatic heterocycles. The Labute approximate surface area is 105 Å². The molecule has 2 N–H and O–H groups in total. The van der Waals surface area contributed by atoms with Gasteiger partial charge in [-0.25, -0.2) is 9.86 Å². The monoisotopic (exact) mass is 252 g/mol. The maximum atomic E-state index is 11.9. The predicted molar refractivity (Wildman–Crippen MR) is 64.9 cm³/mol. The number of carbonyl (C=O) groups excluding carboxylic acids is 1. The number of benzene rings is 1. The van der Waals surface area contributed by atoms with Gasteiger partial charge in [-0.05, 0) is 5.56 Å². The Bertz CT molecular complexity index is 408. The van der Waals surface area contributed by atoms with Crippen molar-refractivity contribution >= 4 is 12.0 Å². The number of hydrogen-bond acceptors (Lipinski definition) is 3. The molecule has 1 aromatic rings. The molecule has 0 heterocycles. The third-order valence-electron chi connectivity index (χ3n) is 2.46. The lowest BCUT2D eigenvalue weighted by Gasteiger charge is -2.21. The largest absolute Gasteiger partial charge is 0.465 e. The zero-order chi connectivity index (χ0) is 13.5. The van der Waals surface area contributed by atoms with Crippen LogP contribution in [0.4, 0.5) is 4.79 Å². The van der Waals surface area contributed by atoms with Crippen molar-refractivity contribution in [3.05, 3.63) is 35.9 Å². The number of likely N-dealkylation sites (N-methyl/N-ethyl adjacent to an activating group) is 1. The summed E-state index contributed by atoms with van der Waals surface area (Å²) in [6, 6.07) is 8.31. The summed E-state index contributed by atoms with van der Waals surface area (Å²) in [5, 5.41) is 11.9. The average Bonchev–Trinajstić information content (AvgIpc) is 2.37. The number of nitrogens with one attached hydrogen (secondary N) is 1. The van der Waals surface area contributed by atoms with Crippen molar-refractivity contribution in [1.29, 1.82) is 0 Å². The van der Waals surface area contributed by atoms with Crippen LogP contribution in [0.25, 0.3) is 0 Å². The van der Waals surface area contributed by atoms with Gasteiger partial charge in [0.2, 0.25) is 0 Å². The maximum absolute atomic E-state index is 11.9. The number of carboxylic acid groups (broad SMARTS) is 1. The van der Waals surface area contributed by atoms with Crippen molar-refractivity contribution in [2.75, 3.05) is 14.2 Å². The zero-order valence-corrected chi connectivity index (χ0v) is 10.3. The predicted octanol–water partition coefficient (Wildman–Crippen LogP) is 0.885. The van der Waals surface area contributed by atoms with Crippen LogP contribution < -0.4 is 5.32 Å². The van der Waals surface area contributed by atoms with Gasteiger partial charge in [0.1, 0.15) is 6.04 Å². The van der Waals surface area contributed by atoms with Gasteiger partial charge in [-0.2, -0.15) is 0 Å². The Morgan fingerprint density at radius 3 is 2.50 bits per heavy atom. The fourth-order valence-electron chi connectivity index (χ4n) is 1.51. The number of carbonyl (C=O) groups is 2. The summed E-state index contributed by atoms with van der Waals surface area (Å²) in [5.74, 6) is -0.441. The first-order chi connectivity index (χ1) is 8.54. The minimum Gasteiger partial charge on any atom is -0.465 e. The highest BCUT2D eigenvalue weighted by molar-refractivity contribution is 5.84. The Morgan fingerprint density at radius 2 is 2.00 bits per heavy atom. The first-order valence-electron chi connectivity index (χ1n) is 5.39. The van der Waals surface area contributed by atoms with E-state index in [1.165, 1.54) is 14.2 Å². The second-order valence-electron chi connectivity index (χ2n) is 3.71. The molecule has 6 nitrogen and oxygen atoms in total. The molecule has 0 radical (unpaired) electrons. The molecule has 0 saturated heterocycles. The summed E-state index contributed by atoms with van der Waals surface area (Å²) in [7, 11) is 2.78. The number of nitrogens with zero attached hydrogens (tertiary/aromatic N) is 1. The minimum atomic E-state index is -1.24. The Balaban J connectivity index is 2.78. The van der Waals surface area contributed by atoms with Gasteiger partial charge in [0, 0.05) is 13.5 Å². The van der Waals surface area contributed by atoms with Crippen LogP contribution in [0.5, 0.6) is 0 Å². The number of rotatable bonds is 5. The van der Waals surface area contributed by atoms with E-state index in [1.807, 2.05) is 30.3 Å². The summed E-state index contributed by atoms with van der Waals surface area (Å²) < 4.78 is 0. The molecule has 0 spiro atoms. The maximum Gasteiger partial charge on any atom is 0.405 e. The summed E-state index contributed by atoms with van der Waals surface area (Å²) in [6.07, 6.45) is -0.964. The quantitative estimate of drug-likeness (QED) is 0.763. The highest BCUT2D eigenvalue weighted by atomic mass is 16.7. The van der Waals surface area contributed by atoms with E-state index in [0.717, 1.165) is 10.6 Å². The van der Waals surface area contributed by atoms with E-state index < -0.39 is 18.0 Å². The van der Waals surface area contributed by atoms with Crippen molar-refractivity contribution in [3.8, 4) is 0 Å². The zero-order valence-electron chi connectivity index (χ0n) is 10.3. The van der Waals surface area contributed by atoms with Crippen LogP contribution in [0.1, 0.15) is 5.56 Å². The summed E-state index contributed by atoms with van der Waals surface area (Å²) in [6.45, 7) is 0. The lowest BCUT2D eigenvalue weighted by atomic mass is 10.1. The molecule has 0 aliphatic rings. The summed E-state index contributed by atoms with van der Waals surface area (Å²) in [4.78, 5) is 27.3. The van der Waals surface area contributed by atoms with Crippen LogP contribution in [0.15, 0.2) is 30.3 Å². The fourth-order valence-corrected chi connectivity index (χ4v) is 1.51. The highest BCUT2D eigenvalue weighted by Gasteiger charge is 2.24. The molecule has 0 unspecified atom stereocenters. The van der Waals surface area contributed by atoms with Crippen molar-refractivity contribution in [2.24, 2.45) is 0 Å². The third-order valence-corrected chi connectivity index (χ3v) is 2.46. The lowest BCUT2D eigenvalue weighted by Crippen LogP contribution is -2.47. The van der Waals surface area contributed by atoms with Crippen molar-refractivity contribution < 1.29 is 19.5 Å². The van der Waals surface area contributed by atoms with Gasteiger partial charge in [0.25, 0.3) is 5.91 Å². The van der Waals surface area contributed by atoms with Crippen LogP contribution in [0.2, 0.25) is 0 Å². The topological polar surface area (TPSA) is 78.9 Å². The standard InChI is InChI=1S/C12H16N2O4/c1-14(18-2)11(15)10(13-12(16)17)8-9-6-4-3-5-7-9/h3-7,10,13H,8H2,1-2H3,(H,16,17)/t10-/m0/s1. The minimum absolute atomic E-state index is 0.277. The summed E-state index contributed by atoms with van der Waals surface area (Å²) in [5.41, 5.74) is 0.870. The van der Waals surface area contributed by atoms with E-state index >= 15 is 0 Å². The van der Waals surface area contributed by atoms with Gasteiger partial charge in [-0.15, -0.1) is 0 Å². The summed E-state index contributed by atoms with van der Waals surface area (Å²) >= 11 is 0. The van der Waals surface area contributed by atoms with E-state index in [-0.39, 0.29) is 6.42 Å². The molecule has 2 amide bonds. The van der Waals surface area contributed by atoms with Crippen molar-refractivity contribution in [1.82, 2.24) is 10.4 Å². The molecule has 98 valence electrons. The molecule has 0 bridgehead atoms. The molecule has 0 saturated carbocycles. The molecule has 1 aromatic carbocycles. The van der Waals surface area contributed by atoms with Crippen LogP contribution in [0, 0.1) is 0 Å². The third kappa shape index (κ3) is 4.06. The van der Waals surface area contributed by atoms with Crippen LogP contribution in [-0.4, -0.2) is 42.4 Å². The van der Waals surface area contributed by atoms with Gasteiger partial charge in [-0.3, -0.25) is 9.63 Å². The van der Waals surface area contributed by atoms with Crippen molar-refractivity contribution in [3.63, 3.8) is 0 Å². The normalized spacial score (nSPS) is 11.7. The average molecular weight is 252 g/mol. The molecule has 0 aliphatic carbocycles. The lowest BCUT2D eigenvalue weighted by molar-refractivity contribution is -0.170. The second-order valence-corrected chi connectivity index (χ2v) is 3.71. The first-order valence-corrected chi connectivity index (χ1v) is 5.39. The van der Waals surface area contributed by atoms with E-state index in [0.29, 0.717) is 0 Å². The van der Waals surface area contributed by atoms with E-state index in [2.05, 4.69) is 5.32 Å². The van der Waals surface area contributed by atoms with E-state index in [9.17, 15) is 9.59 Å². The molecular formula is C12H16N2O4. The molecule has 0 fully saturated rings. The van der Waals surface area contributed by atoms with Gasteiger partial charge < -0.3 is 10.4 Å². The Hall–Kier alpha value is -2.08. The Kier molecular flexibility index (Phi) is 5.13. The highest BCUT2D eigenvalue weighted by Crippen LogP contribution is 2.05. The smallest absolute Gasteiger partial charge is 0.405 e. The number of hydrogen-bond donors (Lipinski definition) is 2. The molecular weight excluding hydrogens is 236 g/mol.